The van der Waals surface area contributed by atoms with Gasteiger partial charge in [0, 0.05) is 31.5 Å². The minimum absolute atomic E-state index is 0.120. The molecule has 8 nitrogen and oxygen atoms in total. The second kappa shape index (κ2) is 11.1. The first kappa shape index (κ1) is 23.8. The average Bonchev–Trinajstić information content (AvgIpc) is 3.05. The topological polar surface area (TPSA) is 105 Å². The van der Waals surface area contributed by atoms with Crippen LogP contribution >= 0.6 is 0 Å². The van der Waals surface area contributed by atoms with Crippen LogP contribution in [0.15, 0.2) is 18.2 Å². The molecule has 0 saturated carbocycles. The summed E-state index contributed by atoms with van der Waals surface area (Å²) in [4.78, 5) is 49.3. The van der Waals surface area contributed by atoms with Crippen molar-refractivity contribution in [3.8, 4) is 5.75 Å². The summed E-state index contributed by atoms with van der Waals surface area (Å²) in [5.74, 6) is 0.337. The van der Waals surface area contributed by atoms with Gasteiger partial charge < -0.3 is 15.0 Å². The number of imide groups is 1. The molecule has 0 radical (unpaired) electrons. The molecule has 1 saturated heterocycles. The van der Waals surface area contributed by atoms with Gasteiger partial charge in [0.25, 0.3) is 5.91 Å². The summed E-state index contributed by atoms with van der Waals surface area (Å²) in [6, 6.07) is 4.80. The molecule has 1 aromatic rings. The number of ether oxygens (including phenoxy) is 1. The number of benzene rings is 1. The van der Waals surface area contributed by atoms with E-state index in [4.69, 9.17) is 4.74 Å². The van der Waals surface area contributed by atoms with Crippen molar-refractivity contribution in [1.29, 1.82) is 0 Å². The van der Waals surface area contributed by atoms with E-state index < -0.39 is 11.9 Å². The van der Waals surface area contributed by atoms with Gasteiger partial charge >= 0.3 is 0 Å². The number of hydrogen-bond acceptors (Lipinski definition) is 5. The molecule has 32 heavy (non-hydrogen) atoms. The Morgan fingerprint density at radius 2 is 1.97 bits per heavy atom. The number of fused-ring (bicyclic) bond motifs is 1. The van der Waals surface area contributed by atoms with Crippen LogP contribution in [0.25, 0.3) is 0 Å². The van der Waals surface area contributed by atoms with Gasteiger partial charge in [0.2, 0.25) is 17.7 Å². The molecule has 4 amide bonds. The fourth-order valence-electron chi connectivity index (χ4n) is 4.08. The zero-order valence-corrected chi connectivity index (χ0v) is 18.9. The Kier molecular flexibility index (Phi) is 8.25. The maximum atomic E-state index is 12.7. The third-order valence-corrected chi connectivity index (χ3v) is 5.75. The van der Waals surface area contributed by atoms with Crippen LogP contribution in [0.2, 0.25) is 0 Å². The van der Waals surface area contributed by atoms with Gasteiger partial charge in [-0.1, -0.05) is 26.7 Å². The van der Waals surface area contributed by atoms with E-state index in [0.717, 1.165) is 37.8 Å². The molecule has 0 aliphatic carbocycles. The summed E-state index contributed by atoms with van der Waals surface area (Å²) < 4.78 is 5.85. The van der Waals surface area contributed by atoms with Crippen LogP contribution in [0, 0.1) is 5.92 Å². The molecule has 2 heterocycles. The smallest absolute Gasteiger partial charge is 0.255 e. The molecule has 0 spiro atoms. The minimum atomic E-state index is -0.605. The highest BCUT2D eigenvalue weighted by molar-refractivity contribution is 6.05. The fourth-order valence-corrected chi connectivity index (χ4v) is 4.08. The van der Waals surface area contributed by atoms with Gasteiger partial charge in [0.15, 0.2) is 0 Å². The van der Waals surface area contributed by atoms with E-state index in [-0.39, 0.29) is 24.1 Å². The Morgan fingerprint density at radius 3 is 2.72 bits per heavy atom. The van der Waals surface area contributed by atoms with Crippen LogP contribution in [0.4, 0.5) is 0 Å². The van der Waals surface area contributed by atoms with Crippen LogP contribution in [-0.2, 0) is 20.9 Å². The third kappa shape index (κ3) is 6.31. The molecule has 2 aliphatic rings. The Hall–Kier alpha value is -2.90. The van der Waals surface area contributed by atoms with E-state index in [1.54, 1.807) is 12.1 Å². The Morgan fingerprint density at radius 1 is 1.19 bits per heavy atom. The lowest BCUT2D eigenvalue weighted by atomic mass is 10.0. The Bertz CT molecular complexity index is 867. The maximum Gasteiger partial charge on any atom is 0.255 e. The summed E-state index contributed by atoms with van der Waals surface area (Å²) in [5.41, 5.74) is 1.43. The van der Waals surface area contributed by atoms with E-state index in [9.17, 15) is 19.2 Å². The van der Waals surface area contributed by atoms with E-state index in [2.05, 4.69) is 10.6 Å². The van der Waals surface area contributed by atoms with Crippen LogP contribution in [-0.4, -0.2) is 47.7 Å². The quantitative estimate of drug-likeness (QED) is 0.404. The monoisotopic (exact) mass is 443 g/mol. The van der Waals surface area contributed by atoms with E-state index in [0.29, 0.717) is 43.2 Å². The van der Waals surface area contributed by atoms with Gasteiger partial charge in [-0.3, -0.25) is 24.5 Å². The standard InChI is InChI=1S/C24H33N3O5/c1-16(2)13-22(29)25-11-5-3-4-6-12-32-18-7-8-19-17(14-18)15-27(24(19)31)20-9-10-21(28)26-23(20)30/h7-8,14,16,20H,3-6,9-13,15H2,1-2H3,(H,25,29)(H,26,28,30). The van der Waals surface area contributed by atoms with Crippen LogP contribution < -0.4 is 15.4 Å². The molecule has 1 unspecified atom stereocenters. The second-order valence-electron chi connectivity index (χ2n) is 8.93. The summed E-state index contributed by atoms with van der Waals surface area (Å²) in [5, 5.41) is 5.26. The van der Waals surface area contributed by atoms with Gasteiger partial charge in [-0.2, -0.15) is 0 Å². The van der Waals surface area contributed by atoms with Gasteiger partial charge in [0.05, 0.1) is 6.61 Å². The number of carbonyl (C=O) groups excluding carboxylic acids is 4. The summed E-state index contributed by atoms with van der Waals surface area (Å²) in [6.45, 7) is 5.72. The van der Waals surface area contributed by atoms with E-state index in [1.165, 1.54) is 4.90 Å². The molecule has 2 N–H and O–H groups in total. The van der Waals surface area contributed by atoms with Crippen molar-refractivity contribution in [3.63, 3.8) is 0 Å². The predicted molar refractivity (Wildman–Crippen MR) is 119 cm³/mol. The van der Waals surface area contributed by atoms with Crippen molar-refractivity contribution in [2.24, 2.45) is 5.92 Å². The second-order valence-corrected chi connectivity index (χ2v) is 8.93. The van der Waals surface area contributed by atoms with Crippen molar-refractivity contribution < 1.29 is 23.9 Å². The maximum absolute atomic E-state index is 12.7. The highest BCUT2D eigenvalue weighted by Gasteiger charge is 2.39. The first-order chi connectivity index (χ1) is 15.3. The Balaban J connectivity index is 1.37. The van der Waals surface area contributed by atoms with E-state index >= 15 is 0 Å². The molecule has 174 valence electrons. The number of rotatable bonds is 11. The molecule has 1 aromatic carbocycles. The highest BCUT2D eigenvalue weighted by atomic mass is 16.5. The number of amides is 4. The van der Waals surface area contributed by atoms with Gasteiger partial charge in [0.1, 0.15) is 11.8 Å². The van der Waals surface area contributed by atoms with Gasteiger partial charge in [-0.15, -0.1) is 0 Å². The lowest BCUT2D eigenvalue weighted by Gasteiger charge is -2.29. The first-order valence-electron chi connectivity index (χ1n) is 11.5. The average molecular weight is 444 g/mol. The molecule has 0 bridgehead atoms. The van der Waals surface area contributed by atoms with Gasteiger partial charge in [-0.25, -0.2) is 0 Å². The molecule has 8 heteroatoms. The normalized spacial score (nSPS) is 18.0. The third-order valence-electron chi connectivity index (χ3n) is 5.75. The van der Waals surface area contributed by atoms with Crippen LogP contribution in [0.3, 0.4) is 0 Å². The molecule has 0 aromatic heterocycles. The lowest BCUT2D eigenvalue weighted by Crippen LogP contribution is -2.52. The molecular formula is C24H33N3O5. The molecular weight excluding hydrogens is 410 g/mol. The summed E-state index contributed by atoms with van der Waals surface area (Å²) in [7, 11) is 0. The Labute approximate surface area is 189 Å². The number of nitrogens with one attached hydrogen (secondary N) is 2. The zero-order valence-electron chi connectivity index (χ0n) is 18.9. The number of hydrogen-bond donors (Lipinski definition) is 2. The van der Waals surface area contributed by atoms with Crippen molar-refractivity contribution in [1.82, 2.24) is 15.5 Å². The molecule has 2 aliphatic heterocycles. The largest absolute Gasteiger partial charge is 0.494 e. The highest BCUT2D eigenvalue weighted by Crippen LogP contribution is 2.30. The molecule has 3 rings (SSSR count). The van der Waals surface area contributed by atoms with E-state index in [1.807, 2.05) is 19.9 Å². The predicted octanol–water partition coefficient (Wildman–Crippen LogP) is 2.55. The molecule has 1 atom stereocenters. The fraction of sp³-hybridized carbons (Fsp3) is 0.583. The number of unbranched alkanes of at least 4 members (excludes halogenated alkanes) is 3. The van der Waals surface area contributed by atoms with Crippen molar-refractivity contribution >= 4 is 23.6 Å². The first-order valence-corrected chi connectivity index (χ1v) is 11.5. The number of nitrogens with zero attached hydrogens (tertiary/aromatic N) is 1. The zero-order chi connectivity index (χ0) is 23.1. The van der Waals surface area contributed by atoms with Crippen molar-refractivity contribution in [2.45, 2.75) is 71.4 Å². The minimum Gasteiger partial charge on any atom is -0.494 e. The number of carbonyl (C=O) groups is 4. The van der Waals surface area contributed by atoms with Crippen molar-refractivity contribution in [3.05, 3.63) is 29.3 Å². The number of piperidine rings is 1. The van der Waals surface area contributed by atoms with Crippen molar-refractivity contribution in [2.75, 3.05) is 13.2 Å². The van der Waals surface area contributed by atoms with Crippen LogP contribution in [0.5, 0.6) is 5.75 Å². The lowest BCUT2D eigenvalue weighted by molar-refractivity contribution is -0.137. The molecule has 1 fully saturated rings. The van der Waals surface area contributed by atoms with Crippen LogP contribution in [0.1, 0.15) is 74.7 Å². The summed E-state index contributed by atoms with van der Waals surface area (Å²) in [6.07, 6.45) is 5.10. The summed E-state index contributed by atoms with van der Waals surface area (Å²) >= 11 is 0. The van der Waals surface area contributed by atoms with Gasteiger partial charge in [-0.05, 0) is 48.9 Å². The SMILES string of the molecule is CC(C)CC(=O)NCCCCCCOc1ccc2c(c1)CN(C1CCC(=O)NC1=O)C2=O.